The maximum Gasteiger partial charge on any atom is 0.262 e. The largest absolute Gasteiger partial charge is 0.497 e. The zero-order valence-electron chi connectivity index (χ0n) is 19.4. The fraction of sp³-hybridized carbons (Fsp3) is 0.400. The highest BCUT2D eigenvalue weighted by atomic mass is 16.5. The lowest BCUT2D eigenvalue weighted by Crippen LogP contribution is -2.37. The average molecular weight is 450 g/mol. The molecule has 1 amide bonds. The smallest absolute Gasteiger partial charge is 0.262 e. The second kappa shape index (κ2) is 10.0. The Morgan fingerprint density at radius 1 is 1.18 bits per heavy atom. The van der Waals surface area contributed by atoms with Crippen LogP contribution in [-0.4, -0.2) is 54.8 Å². The predicted octanol–water partition coefficient (Wildman–Crippen LogP) is 2.40. The minimum atomic E-state index is -0.230. The van der Waals surface area contributed by atoms with Crippen LogP contribution in [0.1, 0.15) is 20.3 Å². The molecule has 0 saturated carbocycles. The van der Waals surface area contributed by atoms with Crippen LogP contribution in [-0.2, 0) is 11.3 Å². The van der Waals surface area contributed by atoms with Gasteiger partial charge in [-0.2, -0.15) is 0 Å². The highest BCUT2D eigenvalue weighted by molar-refractivity contribution is 5.84. The van der Waals surface area contributed by atoms with Crippen molar-refractivity contribution < 1.29 is 9.53 Å². The van der Waals surface area contributed by atoms with Crippen molar-refractivity contribution in [1.82, 2.24) is 20.2 Å². The standard InChI is InChI=1S/C25H31N5O3/c1-17(2)27-23(31)16-30-24(18-6-4-7-20(14-18)33-3)28-22-9-8-19(15-21(22)25(30)32)29-12-5-10-26-11-13-29/h4,6-9,14-15,17,26H,5,10-13,16H2,1-3H3,(H,27,31). The van der Waals surface area contributed by atoms with Gasteiger partial charge >= 0.3 is 0 Å². The Hall–Kier alpha value is -3.39. The number of nitrogens with zero attached hydrogens (tertiary/aromatic N) is 3. The van der Waals surface area contributed by atoms with E-state index in [1.54, 1.807) is 7.11 Å². The summed E-state index contributed by atoms with van der Waals surface area (Å²) >= 11 is 0. The number of benzene rings is 2. The molecular weight excluding hydrogens is 418 g/mol. The van der Waals surface area contributed by atoms with Crippen LogP contribution < -0.4 is 25.8 Å². The lowest BCUT2D eigenvalue weighted by Gasteiger charge is -2.23. The molecule has 33 heavy (non-hydrogen) atoms. The molecule has 2 aromatic carbocycles. The molecular formula is C25H31N5O3. The van der Waals surface area contributed by atoms with Gasteiger partial charge in [-0.05, 0) is 57.1 Å². The summed E-state index contributed by atoms with van der Waals surface area (Å²) in [5.41, 5.74) is 2.09. The fourth-order valence-electron chi connectivity index (χ4n) is 4.15. The highest BCUT2D eigenvalue weighted by Gasteiger charge is 2.18. The van der Waals surface area contributed by atoms with Crippen LogP contribution in [0.3, 0.4) is 0 Å². The molecule has 1 aliphatic heterocycles. The number of hydrogen-bond acceptors (Lipinski definition) is 6. The van der Waals surface area contributed by atoms with Crippen LogP contribution in [0.5, 0.6) is 5.75 Å². The number of carbonyl (C=O) groups is 1. The molecule has 1 aromatic heterocycles. The van der Waals surface area contributed by atoms with Gasteiger partial charge < -0.3 is 20.3 Å². The number of aromatic nitrogens is 2. The van der Waals surface area contributed by atoms with Crippen molar-refractivity contribution in [1.29, 1.82) is 0 Å². The number of nitrogens with one attached hydrogen (secondary N) is 2. The van der Waals surface area contributed by atoms with Crippen LogP contribution in [0.4, 0.5) is 5.69 Å². The van der Waals surface area contributed by atoms with Crippen LogP contribution in [0.2, 0.25) is 0 Å². The minimum Gasteiger partial charge on any atom is -0.497 e. The van der Waals surface area contributed by atoms with Crippen molar-refractivity contribution in [3.8, 4) is 17.1 Å². The van der Waals surface area contributed by atoms with E-state index in [1.807, 2.05) is 56.3 Å². The first kappa shape index (κ1) is 22.8. The van der Waals surface area contributed by atoms with E-state index in [0.29, 0.717) is 28.0 Å². The highest BCUT2D eigenvalue weighted by Crippen LogP contribution is 2.25. The number of amides is 1. The monoisotopic (exact) mass is 449 g/mol. The van der Waals surface area contributed by atoms with Gasteiger partial charge in [-0.1, -0.05) is 12.1 Å². The Kier molecular flexibility index (Phi) is 6.93. The van der Waals surface area contributed by atoms with E-state index in [1.165, 1.54) is 4.57 Å². The maximum absolute atomic E-state index is 13.7. The number of rotatable bonds is 6. The summed E-state index contributed by atoms with van der Waals surface area (Å²) < 4.78 is 6.82. The summed E-state index contributed by atoms with van der Waals surface area (Å²) in [6.45, 7) is 7.39. The molecule has 8 heteroatoms. The van der Waals surface area contributed by atoms with Crippen molar-refractivity contribution in [2.45, 2.75) is 32.9 Å². The van der Waals surface area contributed by atoms with Crippen molar-refractivity contribution >= 4 is 22.5 Å². The first-order valence-electron chi connectivity index (χ1n) is 11.4. The SMILES string of the molecule is COc1cccc(-c2nc3ccc(N4CCCNCC4)cc3c(=O)n2CC(=O)NC(C)C)c1. The van der Waals surface area contributed by atoms with Gasteiger partial charge in [0, 0.05) is 36.9 Å². The summed E-state index contributed by atoms with van der Waals surface area (Å²) in [7, 11) is 1.59. The van der Waals surface area contributed by atoms with Gasteiger partial charge in [0.15, 0.2) is 0 Å². The minimum absolute atomic E-state index is 0.0230. The number of anilines is 1. The zero-order chi connectivity index (χ0) is 23.4. The van der Waals surface area contributed by atoms with Gasteiger partial charge in [0.2, 0.25) is 5.91 Å². The quantitative estimate of drug-likeness (QED) is 0.601. The van der Waals surface area contributed by atoms with E-state index in [0.717, 1.165) is 38.3 Å². The summed E-state index contributed by atoms with van der Waals surface area (Å²) in [6, 6.07) is 13.2. The van der Waals surface area contributed by atoms with E-state index in [-0.39, 0.29) is 24.1 Å². The molecule has 1 saturated heterocycles. The Labute approximate surface area is 193 Å². The summed E-state index contributed by atoms with van der Waals surface area (Å²) in [6.07, 6.45) is 1.05. The van der Waals surface area contributed by atoms with Crippen LogP contribution >= 0.6 is 0 Å². The van der Waals surface area contributed by atoms with Gasteiger partial charge in [-0.3, -0.25) is 14.2 Å². The molecule has 174 valence electrons. The molecule has 0 spiro atoms. The first-order valence-corrected chi connectivity index (χ1v) is 11.4. The first-order chi connectivity index (χ1) is 16.0. The Balaban J connectivity index is 1.84. The van der Waals surface area contributed by atoms with E-state index in [2.05, 4.69) is 15.5 Å². The van der Waals surface area contributed by atoms with Crippen molar-refractivity contribution in [3.63, 3.8) is 0 Å². The molecule has 0 radical (unpaired) electrons. The van der Waals surface area contributed by atoms with Gasteiger partial charge in [0.1, 0.15) is 18.1 Å². The molecule has 0 bridgehead atoms. The molecule has 2 heterocycles. The third-order valence-corrected chi connectivity index (χ3v) is 5.72. The van der Waals surface area contributed by atoms with E-state index in [9.17, 15) is 9.59 Å². The maximum atomic E-state index is 13.7. The zero-order valence-corrected chi connectivity index (χ0v) is 19.4. The summed E-state index contributed by atoms with van der Waals surface area (Å²) in [4.78, 5) is 33.4. The second-order valence-corrected chi connectivity index (χ2v) is 8.57. The number of methoxy groups -OCH3 is 1. The Morgan fingerprint density at radius 3 is 2.82 bits per heavy atom. The van der Waals surface area contributed by atoms with E-state index < -0.39 is 0 Å². The second-order valence-electron chi connectivity index (χ2n) is 8.57. The van der Waals surface area contributed by atoms with E-state index >= 15 is 0 Å². The number of hydrogen-bond donors (Lipinski definition) is 2. The third kappa shape index (κ3) is 5.17. The fourth-order valence-corrected chi connectivity index (χ4v) is 4.15. The van der Waals surface area contributed by atoms with Gasteiger partial charge in [-0.15, -0.1) is 0 Å². The Bertz CT molecular complexity index is 1200. The Morgan fingerprint density at radius 2 is 2.03 bits per heavy atom. The third-order valence-electron chi connectivity index (χ3n) is 5.72. The number of carbonyl (C=O) groups excluding carboxylic acids is 1. The summed E-state index contributed by atoms with van der Waals surface area (Å²) in [5.74, 6) is 0.870. The molecule has 8 nitrogen and oxygen atoms in total. The van der Waals surface area contributed by atoms with Crippen molar-refractivity contribution in [2.75, 3.05) is 38.2 Å². The molecule has 0 aliphatic carbocycles. The lowest BCUT2D eigenvalue weighted by molar-refractivity contribution is -0.122. The van der Waals surface area contributed by atoms with Crippen molar-refractivity contribution in [2.24, 2.45) is 0 Å². The molecule has 0 unspecified atom stereocenters. The lowest BCUT2D eigenvalue weighted by atomic mass is 10.1. The van der Waals surface area contributed by atoms with E-state index in [4.69, 9.17) is 9.72 Å². The molecule has 4 rings (SSSR count). The van der Waals surface area contributed by atoms with Crippen molar-refractivity contribution in [3.05, 3.63) is 52.8 Å². The summed E-state index contributed by atoms with van der Waals surface area (Å²) in [5, 5.41) is 6.78. The van der Waals surface area contributed by atoms with Gasteiger partial charge in [0.05, 0.1) is 18.0 Å². The molecule has 3 aromatic rings. The molecule has 2 N–H and O–H groups in total. The average Bonchev–Trinajstić information content (AvgIpc) is 3.10. The molecule has 0 atom stereocenters. The number of ether oxygens (including phenoxy) is 1. The normalized spacial score (nSPS) is 14.4. The van der Waals surface area contributed by atoms with Gasteiger partial charge in [-0.25, -0.2) is 4.98 Å². The van der Waals surface area contributed by atoms with Gasteiger partial charge in [0.25, 0.3) is 5.56 Å². The topological polar surface area (TPSA) is 88.5 Å². The van der Waals surface area contributed by atoms with Crippen LogP contribution in [0.15, 0.2) is 47.3 Å². The van der Waals surface area contributed by atoms with Crippen LogP contribution in [0.25, 0.3) is 22.3 Å². The molecule has 1 fully saturated rings. The van der Waals surface area contributed by atoms with Crippen LogP contribution in [0, 0.1) is 0 Å². The predicted molar refractivity (Wildman–Crippen MR) is 131 cm³/mol. The number of fused-ring (bicyclic) bond motifs is 1. The molecule has 1 aliphatic rings.